The van der Waals surface area contributed by atoms with Gasteiger partial charge in [0.25, 0.3) is 0 Å². The number of alkyl halides is 3. The fourth-order valence-corrected chi connectivity index (χ4v) is 4.92. The van der Waals surface area contributed by atoms with Crippen LogP contribution in [0, 0.1) is 5.92 Å². The summed E-state index contributed by atoms with van der Waals surface area (Å²) in [4.78, 5) is 27.6. The molecule has 10 heteroatoms. The van der Waals surface area contributed by atoms with E-state index < -0.39 is 12.1 Å². The van der Waals surface area contributed by atoms with Crippen molar-refractivity contribution in [2.24, 2.45) is 5.92 Å². The van der Waals surface area contributed by atoms with Gasteiger partial charge in [0.2, 0.25) is 0 Å². The second-order valence-electron chi connectivity index (χ2n) is 8.62. The van der Waals surface area contributed by atoms with E-state index in [1.165, 1.54) is 0 Å². The first kappa shape index (κ1) is 20.8. The molecule has 0 spiro atoms. The van der Waals surface area contributed by atoms with Crippen molar-refractivity contribution in [2.75, 3.05) is 46.2 Å². The molecular weight excluding hydrogens is 421 g/mol. The summed E-state index contributed by atoms with van der Waals surface area (Å²) < 4.78 is 39.9. The maximum absolute atomic E-state index is 13.3. The van der Waals surface area contributed by atoms with Crippen LogP contribution in [0.2, 0.25) is 0 Å². The van der Waals surface area contributed by atoms with Gasteiger partial charge in [0.05, 0.1) is 29.5 Å². The molecule has 2 aromatic rings. The number of fused-ring (bicyclic) bond motifs is 4. The van der Waals surface area contributed by atoms with Crippen molar-refractivity contribution in [1.29, 1.82) is 0 Å². The van der Waals surface area contributed by atoms with Crippen LogP contribution < -0.4 is 20.0 Å². The number of carbonyl (C=O) groups is 1. The molecular formula is C22H25F3N6O. The lowest BCUT2D eigenvalue weighted by atomic mass is 9.97. The molecule has 2 aromatic heterocycles. The SMILES string of the molecule is O=C(Nc1cccnc1)N1c2nc(N3CCCC(C(F)(F)F)C3)ccc2N2CCC[C@@H]1C2. The number of nitrogens with zero attached hydrogens (tertiary/aromatic N) is 5. The number of rotatable bonds is 2. The van der Waals surface area contributed by atoms with Crippen molar-refractivity contribution >= 4 is 29.0 Å². The number of nitrogens with one attached hydrogen (secondary N) is 1. The highest BCUT2D eigenvalue weighted by Crippen LogP contribution is 2.41. The Morgan fingerprint density at radius 2 is 1.88 bits per heavy atom. The Balaban J connectivity index is 1.47. The van der Waals surface area contributed by atoms with Gasteiger partial charge in [0, 0.05) is 32.4 Å². The van der Waals surface area contributed by atoms with Crippen LogP contribution in [-0.4, -0.2) is 54.4 Å². The van der Waals surface area contributed by atoms with Crippen LogP contribution in [0.25, 0.3) is 0 Å². The number of anilines is 4. The average Bonchev–Trinajstić information content (AvgIpc) is 2.79. The number of hydrogen-bond donors (Lipinski definition) is 1. The number of urea groups is 1. The third-order valence-corrected chi connectivity index (χ3v) is 6.51. The molecule has 0 aliphatic carbocycles. The van der Waals surface area contributed by atoms with Crippen molar-refractivity contribution in [1.82, 2.24) is 9.97 Å². The number of carbonyl (C=O) groups excluding carboxylic acids is 1. The molecule has 2 fully saturated rings. The van der Waals surface area contributed by atoms with Crippen molar-refractivity contribution < 1.29 is 18.0 Å². The molecule has 0 aromatic carbocycles. The predicted octanol–water partition coefficient (Wildman–Crippen LogP) is 4.28. The quantitative estimate of drug-likeness (QED) is 0.746. The monoisotopic (exact) mass is 446 g/mol. The van der Waals surface area contributed by atoms with Gasteiger partial charge in [0.1, 0.15) is 5.82 Å². The lowest BCUT2D eigenvalue weighted by Gasteiger charge is -2.46. The molecule has 0 saturated carbocycles. The smallest absolute Gasteiger partial charge is 0.366 e. The van der Waals surface area contributed by atoms with E-state index in [-0.39, 0.29) is 25.0 Å². The Morgan fingerprint density at radius 3 is 2.66 bits per heavy atom. The highest BCUT2D eigenvalue weighted by Gasteiger charge is 2.43. The van der Waals surface area contributed by atoms with Crippen LogP contribution in [0.3, 0.4) is 0 Å². The first-order valence-corrected chi connectivity index (χ1v) is 11.0. The number of halogens is 3. The summed E-state index contributed by atoms with van der Waals surface area (Å²) in [7, 11) is 0. The number of hydrogen-bond acceptors (Lipinski definition) is 5. The minimum absolute atomic E-state index is 0.0417. The van der Waals surface area contributed by atoms with Gasteiger partial charge in [-0.05, 0) is 49.9 Å². The lowest BCUT2D eigenvalue weighted by molar-refractivity contribution is -0.176. The second kappa shape index (κ2) is 8.14. The Morgan fingerprint density at radius 1 is 1.06 bits per heavy atom. The Bertz CT molecular complexity index is 985. The molecule has 32 heavy (non-hydrogen) atoms. The topological polar surface area (TPSA) is 64.6 Å². The van der Waals surface area contributed by atoms with Crippen LogP contribution in [0.15, 0.2) is 36.7 Å². The molecule has 2 atom stereocenters. The van der Waals surface area contributed by atoms with Gasteiger partial charge in [0.15, 0.2) is 5.82 Å². The van der Waals surface area contributed by atoms with E-state index in [1.807, 2.05) is 6.07 Å². The maximum Gasteiger partial charge on any atom is 0.393 e. The molecule has 1 N–H and O–H groups in total. The van der Waals surface area contributed by atoms with Crippen molar-refractivity contribution in [2.45, 2.75) is 37.9 Å². The third-order valence-electron chi connectivity index (χ3n) is 6.51. The normalized spacial score (nSPS) is 23.0. The molecule has 1 unspecified atom stereocenters. The minimum atomic E-state index is -4.22. The molecule has 0 radical (unpaired) electrons. The lowest BCUT2D eigenvalue weighted by Crippen LogP contribution is -2.56. The van der Waals surface area contributed by atoms with Crippen LogP contribution in [-0.2, 0) is 0 Å². The Labute approximate surface area is 184 Å². The van der Waals surface area contributed by atoms with Crippen molar-refractivity contribution in [3.63, 3.8) is 0 Å². The zero-order valence-corrected chi connectivity index (χ0v) is 17.6. The summed E-state index contributed by atoms with van der Waals surface area (Å²) in [5, 5.41) is 2.89. The van der Waals surface area contributed by atoms with Gasteiger partial charge in [-0.2, -0.15) is 13.2 Å². The highest BCUT2D eigenvalue weighted by atomic mass is 19.4. The van der Waals surface area contributed by atoms with Gasteiger partial charge < -0.3 is 15.1 Å². The second-order valence-corrected chi connectivity index (χ2v) is 8.62. The van der Waals surface area contributed by atoms with Gasteiger partial charge in [-0.15, -0.1) is 0 Å². The zero-order valence-electron chi connectivity index (χ0n) is 17.6. The molecule has 7 nitrogen and oxygen atoms in total. The fraction of sp³-hybridized carbons (Fsp3) is 0.500. The summed E-state index contributed by atoms with van der Waals surface area (Å²) in [6.45, 7) is 2.01. The van der Waals surface area contributed by atoms with Gasteiger partial charge in [-0.1, -0.05) is 0 Å². The Kier molecular flexibility index (Phi) is 5.30. The van der Waals surface area contributed by atoms with E-state index in [9.17, 15) is 18.0 Å². The van der Waals surface area contributed by atoms with Gasteiger partial charge in [-0.25, -0.2) is 9.78 Å². The highest BCUT2D eigenvalue weighted by molar-refractivity contribution is 6.04. The summed E-state index contributed by atoms with van der Waals surface area (Å²) in [5.74, 6) is -0.366. The standard InChI is InChI=1S/C22H25F3N6O/c23-22(24,25)15-4-2-11-30(13-15)19-8-7-18-20(28-19)31(17-6-3-10-29(18)14-17)21(32)27-16-5-1-9-26-12-16/h1,5,7-9,12,15,17H,2-4,6,10-11,13-14H2,(H,27,32)/t15?,17-/m1/s1. The summed E-state index contributed by atoms with van der Waals surface area (Å²) in [6.07, 6.45) is 1.40. The number of amides is 2. The van der Waals surface area contributed by atoms with Crippen LogP contribution >= 0.6 is 0 Å². The van der Waals surface area contributed by atoms with E-state index in [4.69, 9.17) is 4.98 Å². The first-order chi connectivity index (χ1) is 15.4. The van der Waals surface area contributed by atoms with Gasteiger partial charge in [-0.3, -0.25) is 9.88 Å². The maximum atomic E-state index is 13.3. The van der Waals surface area contributed by atoms with Gasteiger partial charge >= 0.3 is 12.2 Å². The van der Waals surface area contributed by atoms with E-state index in [0.29, 0.717) is 36.8 Å². The van der Waals surface area contributed by atoms with E-state index in [2.05, 4.69) is 15.2 Å². The van der Waals surface area contributed by atoms with E-state index >= 15 is 0 Å². The molecule has 5 heterocycles. The van der Waals surface area contributed by atoms with Crippen molar-refractivity contribution in [3.05, 3.63) is 36.7 Å². The van der Waals surface area contributed by atoms with Crippen LogP contribution in [0.4, 0.5) is 41.0 Å². The van der Waals surface area contributed by atoms with Crippen LogP contribution in [0.5, 0.6) is 0 Å². The predicted molar refractivity (Wildman–Crippen MR) is 116 cm³/mol. The number of piperidine rings is 2. The fourth-order valence-electron chi connectivity index (χ4n) is 4.92. The average molecular weight is 446 g/mol. The summed E-state index contributed by atoms with van der Waals surface area (Å²) in [6, 6.07) is 6.83. The molecule has 5 rings (SSSR count). The van der Waals surface area contributed by atoms with Crippen LogP contribution in [0.1, 0.15) is 25.7 Å². The zero-order chi connectivity index (χ0) is 22.3. The molecule has 2 amide bonds. The van der Waals surface area contributed by atoms with Crippen molar-refractivity contribution in [3.8, 4) is 0 Å². The molecule has 3 aliphatic heterocycles. The van der Waals surface area contributed by atoms with E-state index in [1.54, 1.807) is 40.4 Å². The third kappa shape index (κ3) is 3.93. The first-order valence-electron chi connectivity index (χ1n) is 11.0. The summed E-state index contributed by atoms with van der Waals surface area (Å²) in [5.41, 5.74) is 1.42. The molecule has 2 saturated heterocycles. The molecule has 170 valence electrons. The molecule has 2 bridgehead atoms. The molecule has 3 aliphatic rings. The van der Waals surface area contributed by atoms with E-state index in [0.717, 1.165) is 25.1 Å². The minimum Gasteiger partial charge on any atom is -0.366 e. The largest absolute Gasteiger partial charge is 0.393 e. The number of aromatic nitrogens is 2. The number of pyridine rings is 2. The Hall–Kier alpha value is -3.04. The summed E-state index contributed by atoms with van der Waals surface area (Å²) >= 11 is 0.